The second kappa shape index (κ2) is 9.59. The summed E-state index contributed by atoms with van der Waals surface area (Å²) in [6, 6.07) is 0. The van der Waals surface area contributed by atoms with E-state index in [1.165, 1.54) is 38.2 Å². The Hall–Kier alpha value is -1.11. The van der Waals surface area contributed by atoms with E-state index in [1.54, 1.807) is 6.92 Å². The third-order valence-electron chi connectivity index (χ3n) is 6.99. The molecule has 0 aromatic heterocycles. The van der Waals surface area contributed by atoms with E-state index in [4.69, 9.17) is 7.80 Å². The molecule has 0 N–H and O–H groups in total. The van der Waals surface area contributed by atoms with E-state index in [1.807, 2.05) is 0 Å². The average molecular weight is 499 g/mol. The minimum absolute atomic E-state index is 0.262. The van der Waals surface area contributed by atoms with Crippen molar-refractivity contribution in [1.82, 2.24) is 0 Å². The van der Waals surface area contributed by atoms with Crippen LogP contribution in [0.4, 0.5) is 0 Å². The molecule has 3 rings (SSSR count). The summed E-state index contributed by atoms with van der Waals surface area (Å²) in [7, 11) is 0. The van der Waals surface area contributed by atoms with Gasteiger partial charge in [0.25, 0.3) is 0 Å². The predicted octanol–water partition coefficient (Wildman–Crippen LogP) is 1.47. The van der Waals surface area contributed by atoms with Gasteiger partial charge in [0.2, 0.25) is 0 Å². The average Bonchev–Trinajstić information content (AvgIpc) is 3.25. The Morgan fingerprint density at radius 2 is 1.86 bits per heavy atom. The van der Waals surface area contributed by atoms with Crippen LogP contribution in [0.3, 0.4) is 0 Å². The fourth-order valence-electron chi connectivity index (χ4n) is 5.67. The normalized spacial score (nSPS) is 33.2. The summed E-state index contributed by atoms with van der Waals surface area (Å²) in [5.74, 6) is 4.27. The number of hydrogen-bond donors (Lipinski definition) is 0. The second-order valence-electron chi connectivity index (χ2n) is 8.72. The molecule has 0 aliphatic heterocycles. The first kappa shape index (κ1) is 21.6. The number of halogens is 1. The molecule has 0 aromatic carbocycles. The Labute approximate surface area is 179 Å². The zero-order valence-corrected chi connectivity index (χ0v) is 19.0. The van der Waals surface area contributed by atoms with Crippen molar-refractivity contribution in [3.8, 4) is 0 Å². The number of alkyl halides is 1. The topological polar surface area (TPSA) is 52.6 Å². The van der Waals surface area contributed by atoms with Crippen LogP contribution >= 0.6 is 0 Å². The molecule has 0 amide bonds. The molecule has 0 saturated heterocycles. The molecule has 4 nitrogen and oxygen atoms in total. The molecule has 5 heteroatoms. The number of rotatable bonds is 9. The van der Waals surface area contributed by atoms with Crippen LogP contribution in [0.15, 0.2) is 37.0 Å². The van der Waals surface area contributed by atoms with Crippen molar-refractivity contribution < 1.29 is 39.0 Å². The van der Waals surface area contributed by atoms with E-state index < -0.39 is 21.6 Å². The summed E-state index contributed by atoms with van der Waals surface area (Å²) in [5, 5.41) is 0. The van der Waals surface area contributed by atoms with Crippen LogP contribution in [-0.2, 0) is 17.4 Å². The first-order valence-electron chi connectivity index (χ1n) is 10.3. The molecular weight excluding hydrogens is 467 g/mol. The van der Waals surface area contributed by atoms with Gasteiger partial charge in [-0.15, -0.1) is 0 Å². The van der Waals surface area contributed by atoms with Crippen LogP contribution in [0, 0.1) is 35.5 Å². The molecule has 28 heavy (non-hydrogen) atoms. The van der Waals surface area contributed by atoms with Crippen LogP contribution in [0.25, 0.3) is 0 Å². The SMILES string of the molecule is C=CC(=C)C(=O)O[I-]CC1CCC2C(C1)C1CC(CCOC(=O)C(=C)C)C2C1. The summed E-state index contributed by atoms with van der Waals surface area (Å²) in [6.45, 7) is 13.1. The molecule has 0 radical (unpaired) electrons. The van der Waals surface area contributed by atoms with Crippen molar-refractivity contribution in [1.29, 1.82) is 0 Å². The van der Waals surface area contributed by atoms with Crippen molar-refractivity contribution in [3.63, 3.8) is 0 Å². The maximum absolute atomic E-state index is 11.7. The van der Waals surface area contributed by atoms with Crippen LogP contribution in [0.2, 0.25) is 0 Å². The Bertz CT molecular complexity index is 655. The van der Waals surface area contributed by atoms with Crippen LogP contribution in [-0.4, -0.2) is 23.0 Å². The van der Waals surface area contributed by atoms with Gasteiger partial charge in [0.1, 0.15) is 0 Å². The van der Waals surface area contributed by atoms with Gasteiger partial charge in [0, 0.05) is 0 Å². The fraction of sp³-hybridized carbons (Fsp3) is 0.652. The van der Waals surface area contributed by atoms with Gasteiger partial charge in [-0.05, 0) is 6.92 Å². The molecule has 3 fully saturated rings. The van der Waals surface area contributed by atoms with E-state index in [0.717, 1.165) is 40.4 Å². The zero-order chi connectivity index (χ0) is 20.3. The monoisotopic (exact) mass is 499 g/mol. The standard InChI is InChI=1S/C23H32IO4/c1-5-15(4)23(26)28-24-13-16-6-7-19-20(10-16)18-11-17(21(19)12-18)8-9-27-22(25)14(2)3/h5,16-21H,1-2,4,6-13H2,3H3/q-1. The Morgan fingerprint density at radius 1 is 1.07 bits per heavy atom. The molecule has 3 aliphatic rings. The Morgan fingerprint density at radius 3 is 2.57 bits per heavy atom. The minimum atomic E-state index is -0.550. The van der Waals surface area contributed by atoms with Gasteiger partial charge < -0.3 is 0 Å². The summed E-state index contributed by atoms with van der Waals surface area (Å²) < 4.78 is 11.8. The number of esters is 1. The molecule has 0 aromatic rings. The van der Waals surface area contributed by atoms with Gasteiger partial charge in [-0.3, -0.25) is 0 Å². The molecular formula is C23H32IO4-. The third-order valence-corrected chi connectivity index (χ3v) is 9.31. The van der Waals surface area contributed by atoms with Gasteiger partial charge in [-0.1, -0.05) is 6.58 Å². The predicted molar refractivity (Wildman–Crippen MR) is 105 cm³/mol. The summed E-state index contributed by atoms with van der Waals surface area (Å²) in [4.78, 5) is 23.3. The van der Waals surface area contributed by atoms with E-state index >= 15 is 0 Å². The van der Waals surface area contributed by atoms with Gasteiger partial charge in [0.05, 0.1) is 0 Å². The molecule has 156 valence electrons. The summed E-state index contributed by atoms with van der Waals surface area (Å²) in [6.07, 6.45) is 9.01. The van der Waals surface area contributed by atoms with Crippen LogP contribution in [0.1, 0.15) is 45.4 Å². The van der Waals surface area contributed by atoms with Gasteiger partial charge in [-0.25, -0.2) is 0 Å². The Balaban J connectivity index is 1.40. The molecule has 0 spiro atoms. The molecule has 6 unspecified atom stereocenters. The number of ether oxygens (including phenoxy) is 1. The van der Waals surface area contributed by atoms with Crippen LogP contribution in [0.5, 0.6) is 0 Å². The third kappa shape index (κ3) is 4.89. The summed E-state index contributed by atoms with van der Waals surface area (Å²) in [5.41, 5.74) is 0.838. The second-order valence-corrected chi connectivity index (χ2v) is 10.7. The molecule has 2 bridgehead atoms. The van der Waals surface area contributed by atoms with Crippen molar-refractivity contribution in [3.05, 3.63) is 37.0 Å². The molecule has 6 atom stereocenters. The number of carbonyl (C=O) groups excluding carboxylic acids is 2. The zero-order valence-electron chi connectivity index (χ0n) is 16.8. The van der Waals surface area contributed by atoms with E-state index in [9.17, 15) is 9.59 Å². The van der Waals surface area contributed by atoms with Crippen molar-refractivity contribution in [2.75, 3.05) is 11.0 Å². The quantitative estimate of drug-likeness (QED) is 0.159. The van der Waals surface area contributed by atoms with E-state index in [0.29, 0.717) is 23.7 Å². The maximum atomic E-state index is 11.7. The molecule has 3 aliphatic carbocycles. The first-order valence-corrected chi connectivity index (χ1v) is 12.8. The van der Waals surface area contributed by atoms with Gasteiger partial charge in [-0.2, -0.15) is 0 Å². The first-order chi connectivity index (χ1) is 13.4. The molecule has 0 heterocycles. The van der Waals surface area contributed by atoms with Crippen LogP contribution < -0.4 is 21.6 Å². The van der Waals surface area contributed by atoms with Gasteiger partial charge >= 0.3 is 166 Å². The summed E-state index contributed by atoms with van der Waals surface area (Å²) >= 11 is -0.550. The van der Waals surface area contributed by atoms with E-state index in [-0.39, 0.29) is 11.9 Å². The van der Waals surface area contributed by atoms with Crippen molar-refractivity contribution >= 4 is 11.9 Å². The number of carbonyl (C=O) groups is 2. The Kier molecular flexibility index (Phi) is 7.40. The fourth-order valence-corrected chi connectivity index (χ4v) is 7.72. The van der Waals surface area contributed by atoms with Gasteiger partial charge in [0.15, 0.2) is 0 Å². The number of fused-ring (bicyclic) bond motifs is 5. The van der Waals surface area contributed by atoms with Crippen molar-refractivity contribution in [2.45, 2.75) is 45.4 Å². The van der Waals surface area contributed by atoms with Crippen molar-refractivity contribution in [2.24, 2.45) is 35.5 Å². The number of hydrogen-bond acceptors (Lipinski definition) is 4. The molecule has 3 saturated carbocycles. The van der Waals surface area contributed by atoms with E-state index in [2.05, 4.69) is 19.7 Å².